The van der Waals surface area contributed by atoms with Crippen LogP contribution in [0.4, 0.5) is 5.82 Å². The Balaban J connectivity index is 2.94. The van der Waals surface area contributed by atoms with Gasteiger partial charge in [0, 0.05) is 12.6 Å². The maximum Gasteiger partial charge on any atom is 0.190 e. The molecule has 16 heavy (non-hydrogen) atoms. The van der Waals surface area contributed by atoms with Gasteiger partial charge < -0.3 is 15.8 Å². The van der Waals surface area contributed by atoms with E-state index in [0.717, 1.165) is 12.4 Å². The predicted octanol–water partition coefficient (Wildman–Crippen LogP) is 0.806. The summed E-state index contributed by atoms with van der Waals surface area (Å²) in [5.74, 6) is 0.749. The van der Waals surface area contributed by atoms with Crippen LogP contribution >= 0.6 is 0 Å². The van der Waals surface area contributed by atoms with E-state index in [0.29, 0.717) is 11.7 Å². The predicted molar refractivity (Wildman–Crippen MR) is 62.7 cm³/mol. The SMILES string of the molecule is CCN(c1cnc(C(N)=NO)cn1)C(C)C. The Labute approximate surface area is 94.8 Å². The van der Waals surface area contributed by atoms with Crippen molar-refractivity contribution in [1.29, 1.82) is 0 Å². The molecule has 0 saturated heterocycles. The molecule has 3 N–H and O–H groups in total. The summed E-state index contributed by atoms with van der Waals surface area (Å²) in [6.07, 6.45) is 3.12. The minimum Gasteiger partial charge on any atom is -0.409 e. The van der Waals surface area contributed by atoms with E-state index >= 15 is 0 Å². The monoisotopic (exact) mass is 223 g/mol. The van der Waals surface area contributed by atoms with Crippen molar-refractivity contribution in [3.05, 3.63) is 18.1 Å². The Kier molecular flexibility index (Phi) is 4.04. The van der Waals surface area contributed by atoms with Gasteiger partial charge in [-0.25, -0.2) is 9.97 Å². The van der Waals surface area contributed by atoms with Crippen molar-refractivity contribution in [3.63, 3.8) is 0 Å². The second-order valence-corrected chi connectivity index (χ2v) is 3.62. The molecule has 0 spiro atoms. The fraction of sp³-hybridized carbons (Fsp3) is 0.500. The van der Waals surface area contributed by atoms with Gasteiger partial charge in [0.1, 0.15) is 11.5 Å². The van der Waals surface area contributed by atoms with E-state index in [1.54, 1.807) is 6.20 Å². The minimum atomic E-state index is -0.0355. The van der Waals surface area contributed by atoms with Gasteiger partial charge in [0.05, 0.1) is 12.4 Å². The summed E-state index contributed by atoms with van der Waals surface area (Å²) in [4.78, 5) is 10.4. The third-order valence-corrected chi connectivity index (χ3v) is 2.27. The van der Waals surface area contributed by atoms with Crippen molar-refractivity contribution in [2.45, 2.75) is 26.8 Å². The van der Waals surface area contributed by atoms with Gasteiger partial charge >= 0.3 is 0 Å². The van der Waals surface area contributed by atoms with Crippen LogP contribution in [0.3, 0.4) is 0 Å². The van der Waals surface area contributed by atoms with Crippen molar-refractivity contribution in [2.24, 2.45) is 10.9 Å². The third kappa shape index (κ3) is 2.59. The number of nitrogens with two attached hydrogens (primary N) is 1. The molecular weight excluding hydrogens is 206 g/mol. The van der Waals surface area contributed by atoms with Crippen molar-refractivity contribution >= 4 is 11.7 Å². The van der Waals surface area contributed by atoms with Crippen LogP contribution in [0, 0.1) is 0 Å². The second kappa shape index (κ2) is 5.29. The van der Waals surface area contributed by atoms with Gasteiger partial charge in [0.2, 0.25) is 0 Å². The van der Waals surface area contributed by atoms with Crippen LogP contribution in [0.5, 0.6) is 0 Å². The van der Waals surface area contributed by atoms with E-state index in [4.69, 9.17) is 10.9 Å². The average molecular weight is 223 g/mol. The first kappa shape index (κ1) is 12.2. The van der Waals surface area contributed by atoms with Crippen LogP contribution in [-0.2, 0) is 0 Å². The largest absolute Gasteiger partial charge is 0.409 e. The first-order valence-electron chi connectivity index (χ1n) is 5.16. The number of oxime groups is 1. The summed E-state index contributed by atoms with van der Waals surface area (Å²) in [5, 5.41) is 11.4. The Morgan fingerprint density at radius 2 is 2.19 bits per heavy atom. The van der Waals surface area contributed by atoms with Crippen molar-refractivity contribution in [3.8, 4) is 0 Å². The summed E-state index contributed by atoms with van der Waals surface area (Å²) in [6, 6.07) is 0.356. The normalized spacial score (nSPS) is 11.9. The molecule has 0 aliphatic carbocycles. The Morgan fingerprint density at radius 1 is 1.50 bits per heavy atom. The average Bonchev–Trinajstić information content (AvgIpc) is 2.29. The molecule has 0 radical (unpaired) electrons. The highest BCUT2D eigenvalue weighted by Gasteiger charge is 2.10. The second-order valence-electron chi connectivity index (χ2n) is 3.62. The topological polar surface area (TPSA) is 87.6 Å². The van der Waals surface area contributed by atoms with Crippen LogP contribution in [0.25, 0.3) is 0 Å². The smallest absolute Gasteiger partial charge is 0.190 e. The lowest BCUT2D eigenvalue weighted by atomic mass is 10.3. The number of hydrogen-bond acceptors (Lipinski definition) is 5. The molecule has 1 rings (SSSR count). The molecule has 6 nitrogen and oxygen atoms in total. The maximum absolute atomic E-state index is 8.49. The Hall–Kier alpha value is -1.85. The molecule has 0 atom stereocenters. The van der Waals surface area contributed by atoms with Gasteiger partial charge in [-0.05, 0) is 20.8 Å². The molecule has 0 bridgehead atoms. The fourth-order valence-corrected chi connectivity index (χ4v) is 1.44. The van der Waals surface area contributed by atoms with E-state index in [-0.39, 0.29) is 5.84 Å². The quantitative estimate of drug-likeness (QED) is 0.341. The summed E-state index contributed by atoms with van der Waals surface area (Å²) in [7, 11) is 0. The number of aromatic nitrogens is 2. The molecule has 0 unspecified atom stereocenters. The van der Waals surface area contributed by atoms with Gasteiger partial charge in [0.25, 0.3) is 0 Å². The molecule has 0 fully saturated rings. The standard InChI is InChI=1S/C10H17N5O/c1-4-15(7(2)3)9-6-12-8(5-13-9)10(11)14-16/h5-7,16H,4H2,1-3H3,(H2,11,14). The van der Waals surface area contributed by atoms with Gasteiger partial charge in [-0.2, -0.15) is 0 Å². The maximum atomic E-state index is 8.49. The Bertz CT molecular complexity index is 360. The summed E-state index contributed by atoms with van der Waals surface area (Å²) < 4.78 is 0. The van der Waals surface area contributed by atoms with Crippen LogP contribution < -0.4 is 10.6 Å². The zero-order valence-electron chi connectivity index (χ0n) is 9.75. The first-order valence-corrected chi connectivity index (χ1v) is 5.16. The van der Waals surface area contributed by atoms with E-state index in [1.165, 1.54) is 6.20 Å². The summed E-state index contributed by atoms with van der Waals surface area (Å²) in [6.45, 7) is 7.08. The fourth-order valence-electron chi connectivity index (χ4n) is 1.44. The van der Waals surface area contributed by atoms with Crippen LogP contribution in [-0.4, -0.2) is 33.6 Å². The number of hydrogen-bond donors (Lipinski definition) is 2. The third-order valence-electron chi connectivity index (χ3n) is 2.27. The lowest BCUT2D eigenvalue weighted by Crippen LogP contribution is -2.31. The van der Waals surface area contributed by atoms with Gasteiger partial charge in [-0.15, -0.1) is 0 Å². The van der Waals surface area contributed by atoms with Gasteiger partial charge in [-0.3, -0.25) is 0 Å². The minimum absolute atomic E-state index is 0.0355. The molecule has 0 aliphatic rings. The highest BCUT2D eigenvalue weighted by Crippen LogP contribution is 2.11. The molecule has 1 heterocycles. The molecular formula is C10H17N5O. The van der Waals surface area contributed by atoms with Gasteiger partial charge in [0.15, 0.2) is 5.84 Å². The number of rotatable bonds is 4. The first-order chi connectivity index (χ1) is 7.60. The molecule has 1 aromatic heterocycles. The van der Waals surface area contributed by atoms with E-state index in [2.05, 4.69) is 40.8 Å². The highest BCUT2D eigenvalue weighted by atomic mass is 16.4. The number of anilines is 1. The van der Waals surface area contributed by atoms with Crippen LogP contribution in [0.1, 0.15) is 26.5 Å². The number of amidine groups is 1. The van der Waals surface area contributed by atoms with Crippen molar-refractivity contribution in [1.82, 2.24) is 9.97 Å². The zero-order valence-corrected chi connectivity index (χ0v) is 9.75. The lowest BCUT2D eigenvalue weighted by molar-refractivity contribution is 0.318. The molecule has 0 aromatic carbocycles. The van der Waals surface area contributed by atoms with E-state index in [1.807, 2.05) is 0 Å². The summed E-state index contributed by atoms with van der Waals surface area (Å²) >= 11 is 0. The summed E-state index contributed by atoms with van der Waals surface area (Å²) in [5.41, 5.74) is 5.76. The molecule has 0 aliphatic heterocycles. The van der Waals surface area contributed by atoms with Crippen LogP contribution in [0.2, 0.25) is 0 Å². The molecule has 0 saturated carbocycles. The van der Waals surface area contributed by atoms with E-state index in [9.17, 15) is 0 Å². The lowest BCUT2D eigenvalue weighted by Gasteiger charge is -2.25. The van der Waals surface area contributed by atoms with Crippen molar-refractivity contribution < 1.29 is 5.21 Å². The van der Waals surface area contributed by atoms with Gasteiger partial charge in [-0.1, -0.05) is 5.16 Å². The molecule has 88 valence electrons. The molecule has 0 amide bonds. The van der Waals surface area contributed by atoms with Crippen molar-refractivity contribution in [2.75, 3.05) is 11.4 Å². The number of nitrogens with zero attached hydrogens (tertiary/aromatic N) is 4. The zero-order chi connectivity index (χ0) is 12.1. The van der Waals surface area contributed by atoms with Crippen LogP contribution in [0.15, 0.2) is 17.5 Å². The van der Waals surface area contributed by atoms with E-state index < -0.39 is 0 Å². The Morgan fingerprint density at radius 3 is 2.56 bits per heavy atom. The molecule has 6 heteroatoms. The highest BCUT2D eigenvalue weighted by molar-refractivity contribution is 5.94. The molecule has 1 aromatic rings.